The Morgan fingerprint density at radius 1 is 1.32 bits per heavy atom. The number of fused-ring (bicyclic) bond motifs is 1. The Bertz CT molecular complexity index is 1060. The number of nitrogens with two attached hydrogens (primary N) is 1. The molecule has 0 saturated heterocycles. The number of amidine groups is 1. The molecule has 1 aromatic carbocycles. The Balaban J connectivity index is 1.84. The predicted octanol–water partition coefficient (Wildman–Crippen LogP) is 0.873. The molecule has 0 aliphatic carbocycles. The van der Waals surface area contributed by atoms with Crippen LogP contribution in [0.3, 0.4) is 0 Å². The second-order valence-corrected chi connectivity index (χ2v) is 9.05. The molecule has 3 rings (SSSR count). The van der Waals surface area contributed by atoms with E-state index in [1.54, 1.807) is 23.6 Å². The summed E-state index contributed by atoms with van der Waals surface area (Å²) in [5.74, 6) is -0.999. The SMILES string of the molecule is CC(C)[C@H](N=C1NS(=O)(=O)c2ccccc21)C(=O)Nc1nc(CC(N)=O)cs1. The molecule has 0 spiro atoms. The monoisotopic (exact) mass is 421 g/mol. The molecule has 2 amide bonds. The van der Waals surface area contributed by atoms with Gasteiger partial charge < -0.3 is 11.1 Å². The lowest BCUT2D eigenvalue weighted by Gasteiger charge is -2.16. The summed E-state index contributed by atoms with van der Waals surface area (Å²) in [5, 5.41) is 4.62. The lowest BCUT2D eigenvalue weighted by atomic mass is 10.0. The van der Waals surface area contributed by atoms with E-state index in [4.69, 9.17) is 5.73 Å². The van der Waals surface area contributed by atoms with Crippen LogP contribution in [-0.4, -0.2) is 37.1 Å². The molecular formula is C17H19N5O4S2. The standard InChI is InChI=1S/C17H19N5O4S2/c1-9(2)14(16(24)21-17-19-10(8-27-17)7-13(18)23)20-15-11-5-3-4-6-12(11)28(25,26)22-15/h3-6,8-9,14H,7H2,1-2H3,(H2,18,23)(H,20,22)(H,19,21,24)/t14-/m0/s1. The highest BCUT2D eigenvalue weighted by Gasteiger charge is 2.32. The fourth-order valence-corrected chi connectivity index (χ4v) is 4.63. The largest absolute Gasteiger partial charge is 0.369 e. The van der Waals surface area contributed by atoms with Gasteiger partial charge in [0.1, 0.15) is 11.9 Å². The summed E-state index contributed by atoms with van der Waals surface area (Å²) in [6.45, 7) is 3.62. The lowest BCUT2D eigenvalue weighted by Crippen LogP contribution is -2.34. The molecule has 0 fully saturated rings. The summed E-state index contributed by atoms with van der Waals surface area (Å²) >= 11 is 1.17. The first-order chi connectivity index (χ1) is 13.2. The normalized spacial score (nSPS) is 17.2. The summed E-state index contributed by atoms with van der Waals surface area (Å²) in [4.78, 5) is 32.4. The van der Waals surface area contributed by atoms with Crippen LogP contribution in [0, 0.1) is 5.92 Å². The highest BCUT2D eigenvalue weighted by Crippen LogP contribution is 2.24. The molecular weight excluding hydrogens is 402 g/mol. The van der Waals surface area contributed by atoms with Crippen molar-refractivity contribution in [3.8, 4) is 0 Å². The third-order valence-electron chi connectivity index (χ3n) is 3.97. The number of primary amides is 1. The van der Waals surface area contributed by atoms with Gasteiger partial charge in [-0.1, -0.05) is 26.0 Å². The smallest absolute Gasteiger partial charge is 0.263 e. The molecule has 1 aliphatic heterocycles. The van der Waals surface area contributed by atoms with Crippen molar-refractivity contribution in [2.75, 3.05) is 5.32 Å². The summed E-state index contributed by atoms with van der Waals surface area (Å²) in [5.41, 5.74) is 6.04. The summed E-state index contributed by atoms with van der Waals surface area (Å²) in [7, 11) is -3.69. The minimum atomic E-state index is -3.69. The molecule has 1 aromatic heterocycles. The van der Waals surface area contributed by atoms with E-state index in [1.165, 1.54) is 17.4 Å². The number of benzene rings is 1. The van der Waals surface area contributed by atoms with Crippen LogP contribution in [0.1, 0.15) is 25.1 Å². The molecule has 0 bridgehead atoms. The second kappa shape index (κ2) is 7.68. The van der Waals surface area contributed by atoms with Crippen molar-refractivity contribution in [3.05, 3.63) is 40.9 Å². The van der Waals surface area contributed by atoms with Crippen molar-refractivity contribution in [2.24, 2.45) is 16.6 Å². The molecule has 2 heterocycles. The van der Waals surface area contributed by atoms with E-state index in [2.05, 4.69) is 20.0 Å². The van der Waals surface area contributed by atoms with Gasteiger partial charge in [0.15, 0.2) is 5.13 Å². The molecule has 9 nitrogen and oxygen atoms in total. The number of aromatic nitrogens is 1. The average Bonchev–Trinajstić information content (AvgIpc) is 3.14. The number of hydrogen-bond donors (Lipinski definition) is 3. The number of anilines is 1. The Labute approximate surface area is 166 Å². The number of hydrogen-bond acceptors (Lipinski definition) is 7. The Hall–Kier alpha value is -2.79. The van der Waals surface area contributed by atoms with Crippen molar-refractivity contribution in [1.82, 2.24) is 9.71 Å². The first kappa shape index (κ1) is 20.0. The number of nitrogens with zero attached hydrogens (tertiary/aromatic N) is 2. The molecule has 0 radical (unpaired) electrons. The van der Waals surface area contributed by atoms with Gasteiger partial charge in [-0.15, -0.1) is 11.3 Å². The fourth-order valence-electron chi connectivity index (χ4n) is 2.68. The van der Waals surface area contributed by atoms with Gasteiger partial charge in [-0.3, -0.25) is 19.3 Å². The van der Waals surface area contributed by atoms with Crippen LogP contribution in [0.5, 0.6) is 0 Å². The summed E-state index contributed by atoms with van der Waals surface area (Å²) in [6.07, 6.45) is -0.0131. The van der Waals surface area contributed by atoms with Crippen LogP contribution < -0.4 is 15.8 Å². The molecule has 11 heteroatoms. The maximum Gasteiger partial charge on any atom is 0.263 e. The van der Waals surface area contributed by atoms with Gasteiger partial charge in [-0.25, -0.2) is 13.4 Å². The van der Waals surface area contributed by atoms with Crippen LogP contribution in [0.15, 0.2) is 39.5 Å². The minimum absolute atomic E-state index is 0.0131. The van der Waals surface area contributed by atoms with Gasteiger partial charge in [-0.05, 0) is 18.1 Å². The van der Waals surface area contributed by atoms with Gasteiger partial charge in [0, 0.05) is 10.9 Å². The molecule has 0 unspecified atom stereocenters. The number of aliphatic imine (C=N–C) groups is 1. The van der Waals surface area contributed by atoms with Crippen molar-refractivity contribution in [3.63, 3.8) is 0 Å². The Morgan fingerprint density at radius 3 is 2.71 bits per heavy atom. The Morgan fingerprint density at radius 2 is 2.04 bits per heavy atom. The van der Waals surface area contributed by atoms with Gasteiger partial charge in [0.05, 0.1) is 17.0 Å². The topological polar surface area (TPSA) is 144 Å². The van der Waals surface area contributed by atoms with Crippen LogP contribution in [0.2, 0.25) is 0 Å². The number of thiazole rings is 1. The molecule has 1 aliphatic rings. The van der Waals surface area contributed by atoms with Gasteiger partial charge in [0.25, 0.3) is 15.9 Å². The van der Waals surface area contributed by atoms with E-state index in [9.17, 15) is 18.0 Å². The summed E-state index contributed by atoms with van der Waals surface area (Å²) < 4.78 is 26.9. The van der Waals surface area contributed by atoms with Gasteiger partial charge in [0.2, 0.25) is 5.91 Å². The third kappa shape index (κ3) is 4.20. The number of sulfonamides is 1. The first-order valence-electron chi connectivity index (χ1n) is 8.41. The van der Waals surface area contributed by atoms with E-state index in [1.807, 2.05) is 13.8 Å². The zero-order valence-corrected chi connectivity index (χ0v) is 16.8. The van der Waals surface area contributed by atoms with Crippen LogP contribution >= 0.6 is 11.3 Å². The fraction of sp³-hybridized carbons (Fsp3) is 0.294. The zero-order valence-electron chi connectivity index (χ0n) is 15.2. The van der Waals surface area contributed by atoms with E-state index >= 15 is 0 Å². The lowest BCUT2D eigenvalue weighted by molar-refractivity contribution is -0.118. The number of amides is 2. The van der Waals surface area contributed by atoms with E-state index in [-0.39, 0.29) is 23.1 Å². The van der Waals surface area contributed by atoms with Crippen molar-refractivity contribution in [2.45, 2.75) is 31.2 Å². The Kier molecular flexibility index (Phi) is 5.47. The molecule has 2 aromatic rings. The highest BCUT2D eigenvalue weighted by molar-refractivity contribution is 7.90. The quantitative estimate of drug-likeness (QED) is 0.634. The highest BCUT2D eigenvalue weighted by atomic mass is 32.2. The molecule has 4 N–H and O–H groups in total. The zero-order chi connectivity index (χ0) is 20.5. The van der Waals surface area contributed by atoms with Crippen molar-refractivity contribution < 1.29 is 18.0 Å². The van der Waals surface area contributed by atoms with E-state index in [0.717, 1.165) is 0 Å². The average molecular weight is 422 g/mol. The molecule has 0 saturated carbocycles. The molecule has 148 valence electrons. The molecule has 1 atom stereocenters. The second-order valence-electron chi connectivity index (χ2n) is 6.54. The van der Waals surface area contributed by atoms with Crippen LogP contribution in [0.4, 0.5) is 5.13 Å². The summed E-state index contributed by atoms with van der Waals surface area (Å²) in [6, 6.07) is 5.61. The van der Waals surface area contributed by atoms with Crippen molar-refractivity contribution >= 4 is 44.1 Å². The predicted molar refractivity (Wildman–Crippen MR) is 106 cm³/mol. The van der Waals surface area contributed by atoms with E-state index in [0.29, 0.717) is 16.4 Å². The van der Waals surface area contributed by atoms with Crippen LogP contribution in [-0.2, 0) is 26.0 Å². The van der Waals surface area contributed by atoms with Gasteiger partial charge >= 0.3 is 0 Å². The maximum absolute atomic E-state index is 12.7. The molecule has 28 heavy (non-hydrogen) atoms. The third-order valence-corrected chi connectivity index (χ3v) is 6.17. The number of carbonyl (C=O) groups excluding carboxylic acids is 2. The van der Waals surface area contributed by atoms with E-state index < -0.39 is 27.9 Å². The van der Waals surface area contributed by atoms with Crippen molar-refractivity contribution in [1.29, 1.82) is 0 Å². The number of nitrogens with one attached hydrogen (secondary N) is 2. The van der Waals surface area contributed by atoms with Gasteiger partial charge in [-0.2, -0.15) is 0 Å². The minimum Gasteiger partial charge on any atom is -0.369 e. The van der Waals surface area contributed by atoms with Crippen LogP contribution in [0.25, 0.3) is 0 Å². The maximum atomic E-state index is 12.7. The first-order valence-corrected chi connectivity index (χ1v) is 10.8. The number of carbonyl (C=O) groups is 2. The number of rotatable bonds is 6.